The molecule has 0 N–H and O–H groups in total. The Balaban J connectivity index is 1.08. The fraction of sp³-hybridized carbons (Fsp3) is 0.0127. The van der Waals surface area contributed by atoms with Gasteiger partial charge in [-0.3, -0.25) is 4.98 Å². The highest BCUT2D eigenvalue weighted by molar-refractivity contribution is 6.14. The molecule has 14 rings (SSSR count). The van der Waals surface area contributed by atoms with Crippen molar-refractivity contribution in [2.75, 3.05) is 0 Å². The minimum atomic E-state index is 0.441. The topological polar surface area (TPSA) is 157 Å². The van der Waals surface area contributed by atoms with Gasteiger partial charge in [-0.15, -0.1) is 0 Å². The van der Waals surface area contributed by atoms with Crippen LogP contribution in [0.2, 0.25) is 0 Å². The molecule has 0 aliphatic rings. The Bertz CT molecular complexity index is 5180. The monoisotopic (exact) mass is 1140 g/mol. The number of fused-ring (bicyclic) bond motifs is 6. The quantitative estimate of drug-likeness (QED) is 0.109. The third-order valence-electron chi connectivity index (χ3n) is 16.3. The second kappa shape index (κ2) is 23.0. The van der Waals surface area contributed by atoms with Crippen LogP contribution in [0.4, 0.5) is 0 Å². The van der Waals surface area contributed by atoms with E-state index in [4.69, 9.17) is 19.9 Å². The lowest BCUT2D eigenvalue weighted by Crippen LogP contribution is -2.07. The SMILES string of the molecule is C=C/C=C\C=C(/C)c1nc(-c2ccccc2)nc(-c2cccc(-n3c4ccc(-c5ccc(C#N)cc5)cc4c4cc(-c5ccc(C#N)cc5)ccc43)c2-c2ncccc2-n2c3ccc(-c4ccc(C#N)cc4)cc3c3cc(-c4ccc(C#N)cc4)ccc32)n1. The number of hydrogen-bond acceptors (Lipinski definition) is 8. The van der Waals surface area contributed by atoms with E-state index in [0.29, 0.717) is 51.0 Å². The molecule has 10 nitrogen and oxygen atoms in total. The van der Waals surface area contributed by atoms with E-state index in [1.165, 1.54) is 0 Å². The molecule has 0 amide bonds. The maximum absolute atomic E-state index is 9.74. The Morgan fingerprint density at radius 2 is 0.798 bits per heavy atom. The summed E-state index contributed by atoms with van der Waals surface area (Å²) in [7, 11) is 0. The molecule has 0 atom stereocenters. The van der Waals surface area contributed by atoms with Crippen molar-refractivity contribution in [3.8, 4) is 114 Å². The zero-order chi connectivity index (χ0) is 60.5. The van der Waals surface area contributed by atoms with Gasteiger partial charge in [-0.1, -0.05) is 146 Å². The highest BCUT2D eigenvalue weighted by atomic mass is 15.1. The molecule has 0 aliphatic carbocycles. The van der Waals surface area contributed by atoms with E-state index in [2.05, 4.69) is 137 Å². The molecule has 10 aromatic carbocycles. The Labute approximate surface area is 513 Å². The van der Waals surface area contributed by atoms with Crippen molar-refractivity contribution >= 4 is 49.2 Å². The van der Waals surface area contributed by atoms with Crippen LogP contribution in [0.15, 0.2) is 268 Å². The lowest BCUT2D eigenvalue weighted by molar-refractivity contribution is 1.03. The Morgan fingerprint density at radius 1 is 0.393 bits per heavy atom. The Hall–Kier alpha value is -12.9. The number of nitriles is 4. The number of nitrogens with zero attached hydrogens (tertiary/aromatic N) is 10. The molecule has 4 heterocycles. The van der Waals surface area contributed by atoms with Gasteiger partial charge in [0.25, 0.3) is 0 Å². The first kappa shape index (κ1) is 54.1. The maximum atomic E-state index is 9.74. The van der Waals surface area contributed by atoms with E-state index in [9.17, 15) is 21.0 Å². The summed E-state index contributed by atoms with van der Waals surface area (Å²) in [6.45, 7) is 5.88. The molecule has 89 heavy (non-hydrogen) atoms. The van der Waals surface area contributed by atoms with Crippen molar-refractivity contribution < 1.29 is 0 Å². The second-order valence-electron chi connectivity index (χ2n) is 21.6. The first-order valence-electron chi connectivity index (χ1n) is 28.9. The van der Waals surface area contributed by atoms with Gasteiger partial charge in [-0.2, -0.15) is 21.0 Å². The van der Waals surface area contributed by atoms with Gasteiger partial charge in [0.15, 0.2) is 17.5 Å². The van der Waals surface area contributed by atoms with E-state index >= 15 is 0 Å². The van der Waals surface area contributed by atoms with E-state index in [1.807, 2.05) is 165 Å². The van der Waals surface area contributed by atoms with Gasteiger partial charge in [-0.05, 0) is 172 Å². The third-order valence-corrected chi connectivity index (χ3v) is 16.3. The zero-order valence-electron chi connectivity index (χ0n) is 48.0. The Morgan fingerprint density at radius 3 is 1.22 bits per heavy atom. The average Bonchev–Trinajstić information content (AvgIpc) is 1.64. The van der Waals surface area contributed by atoms with Crippen LogP contribution in [0.3, 0.4) is 0 Å². The van der Waals surface area contributed by atoms with Crippen LogP contribution in [0, 0.1) is 45.3 Å². The van der Waals surface area contributed by atoms with Crippen LogP contribution < -0.4 is 0 Å². The predicted octanol–water partition coefficient (Wildman–Crippen LogP) is 18.8. The van der Waals surface area contributed by atoms with Crippen LogP contribution in [-0.4, -0.2) is 29.1 Å². The first-order chi connectivity index (χ1) is 43.8. The van der Waals surface area contributed by atoms with Crippen molar-refractivity contribution in [1.82, 2.24) is 29.1 Å². The molecule has 0 bridgehead atoms. The molecule has 0 spiro atoms. The predicted molar refractivity (Wildman–Crippen MR) is 356 cm³/mol. The van der Waals surface area contributed by atoms with Gasteiger partial charge in [0.05, 0.1) is 85.7 Å². The zero-order valence-corrected chi connectivity index (χ0v) is 48.0. The molecular formula is C79H48N10. The number of allylic oxidation sites excluding steroid dienone is 5. The van der Waals surface area contributed by atoms with Gasteiger partial charge >= 0.3 is 0 Å². The smallest absolute Gasteiger partial charge is 0.164 e. The summed E-state index contributed by atoms with van der Waals surface area (Å²) in [5.74, 6) is 1.45. The molecule has 0 saturated carbocycles. The standard InChI is InChI=1S/C79H48N10/c1-3-4-6-11-50(2)77-85-78(59-12-7-5-8-13-59)87-79(86-77)64-14-9-15-73(88-69-37-33-60(55-25-17-51(46-80)18-26-55)42-65(69)66-43-61(34-38-70(66)88)56-27-19-52(47-81)20-28-56)75(64)76-74(16-10-41-84-76)89-71-39-35-62(57-29-21-53(48-82)22-30-57)44-67(71)68-45-63(36-40-72(68)89)58-31-23-54(49-83)24-32-58/h3-45H,1H2,2H3/b6-4-,50-11+. The summed E-state index contributed by atoms with van der Waals surface area (Å²) < 4.78 is 4.61. The highest BCUT2D eigenvalue weighted by Crippen LogP contribution is 2.46. The van der Waals surface area contributed by atoms with Crippen molar-refractivity contribution in [3.05, 3.63) is 296 Å². The largest absolute Gasteiger partial charge is 0.309 e. The number of pyridine rings is 1. The molecule has 414 valence electrons. The van der Waals surface area contributed by atoms with Crippen molar-refractivity contribution in [2.45, 2.75) is 6.92 Å². The molecule has 0 fully saturated rings. The van der Waals surface area contributed by atoms with E-state index in [-0.39, 0.29) is 0 Å². The van der Waals surface area contributed by atoms with Crippen LogP contribution in [0.5, 0.6) is 0 Å². The van der Waals surface area contributed by atoms with Gasteiger partial charge in [-0.25, -0.2) is 15.0 Å². The molecule has 0 unspecified atom stereocenters. The Kier molecular flexibility index (Phi) is 14.0. The highest BCUT2D eigenvalue weighted by Gasteiger charge is 2.27. The fourth-order valence-corrected chi connectivity index (χ4v) is 11.9. The molecular weight excluding hydrogens is 1090 g/mol. The van der Waals surface area contributed by atoms with Gasteiger partial charge in [0.2, 0.25) is 0 Å². The van der Waals surface area contributed by atoms with Gasteiger partial charge in [0, 0.05) is 44.4 Å². The number of rotatable bonds is 12. The summed E-state index contributed by atoms with van der Waals surface area (Å²) in [4.78, 5) is 21.4. The molecule has 14 aromatic rings. The molecule has 0 saturated heterocycles. The van der Waals surface area contributed by atoms with E-state index in [0.717, 1.165) is 116 Å². The molecule has 10 heteroatoms. The minimum absolute atomic E-state index is 0.441. The lowest BCUT2D eigenvalue weighted by Gasteiger charge is -2.20. The summed E-state index contributed by atoms with van der Waals surface area (Å²) in [5, 5.41) is 42.9. The van der Waals surface area contributed by atoms with Gasteiger partial charge in [0.1, 0.15) is 0 Å². The maximum Gasteiger partial charge on any atom is 0.164 e. The van der Waals surface area contributed by atoms with Crippen LogP contribution >= 0.6 is 0 Å². The van der Waals surface area contributed by atoms with Crippen molar-refractivity contribution in [3.63, 3.8) is 0 Å². The fourth-order valence-electron chi connectivity index (χ4n) is 11.9. The van der Waals surface area contributed by atoms with Crippen LogP contribution in [0.25, 0.3) is 139 Å². The van der Waals surface area contributed by atoms with Gasteiger partial charge < -0.3 is 9.13 Å². The minimum Gasteiger partial charge on any atom is -0.309 e. The van der Waals surface area contributed by atoms with Crippen LogP contribution in [-0.2, 0) is 0 Å². The molecule has 4 aromatic heterocycles. The lowest BCUT2D eigenvalue weighted by atomic mass is 9.98. The van der Waals surface area contributed by atoms with Crippen molar-refractivity contribution in [1.29, 1.82) is 21.0 Å². The van der Waals surface area contributed by atoms with E-state index in [1.54, 1.807) is 6.08 Å². The number of aromatic nitrogens is 6. The third kappa shape index (κ3) is 9.94. The van der Waals surface area contributed by atoms with Crippen LogP contribution in [0.1, 0.15) is 35.0 Å². The summed E-state index contributed by atoms with van der Waals surface area (Å²) >= 11 is 0. The first-order valence-corrected chi connectivity index (χ1v) is 28.9. The average molecular weight is 1140 g/mol. The van der Waals surface area contributed by atoms with Crippen molar-refractivity contribution in [2.24, 2.45) is 0 Å². The molecule has 0 radical (unpaired) electrons. The number of hydrogen-bond donors (Lipinski definition) is 0. The normalized spacial score (nSPS) is 11.4. The molecule has 0 aliphatic heterocycles. The summed E-state index contributed by atoms with van der Waals surface area (Å²) in [6.07, 6.45) is 9.34. The summed E-state index contributed by atoms with van der Waals surface area (Å²) in [6, 6.07) is 86.1. The second-order valence-corrected chi connectivity index (χ2v) is 21.6. The van der Waals surface area contributed by atoms with E-state index < -0.39 is 0 Å². The number of benzene rings is 10. The summed E-state index contributed by atoms with van der Waals surface area (Å²) in [5.41, 5.74) is 19.3.